The molecule has 0 aliphatic rings. The second-order valence-corrected chi connectivity index (χ2v) is 4.53. The first kappa shape index (κ1) is 11.9. The van der Waals surface area contributed by atoms with Crippen LogP contribution in [0, 0.1) is 0 Å². The van der Waals surface area contributed by atoms with Gasteiger partial charge in [0.1, 0.15) is 5.82 Å². The van der Waals surface area contributed by atoms with Crippen molar-refractivity contribution in [1.82, 2.24) is 9.97 Å². The van der Waals surface area contributed by atoms with Gasteiger partial charge in [-0.25, -0.2) is 9.97 Å². The molecular weight excluding hydrogens is 230 g/mol. The molecule has 0 fully saturated rings. The van der Waals surface area contributed by atoms with Crippen LogP contribution in [-0.2, 0) is 5.75 Å². The third-order valence-electron chi connectivity index (χ3n) is 2.21. The molecule has 4 heteroatoms. The summed E-state index contributed by atoms with van der Waals surface area (Å²) >= 11 is 1.73. The van der Waals surface area contributed by atoms with Crippen LogP contribution in [0.5, 0.6) is 0 Å². The van der Waals surface area contributed by atoms with Gasteiger partial charge in [0.2, 0.25) is 0 Å². The summed E-state index contributed by atoms with van der Waals surface area (Å²) in [6.45, 7) is 2.96. The molecule has 0 saturated carbocycles. The van der Waals surface area contributed by atoms with Crippen molar-refractivity contribution in [2.45, 2.75) is 17.7 Å². The van der Waals surface area contributed by atoms with E-state index < -0.39 is 0 Å². The van der Waals surface area contributed by atoms with Gasteiger partial charge in [-0.3, -0.25) is 0 Å². The van der Waals surface area contributed by atoms with Crippen molar-refractivity contribution >= 4 is 17.6 Å². The Bertz CT molecular complexity index is 459. The number of nitrogens with one attached hydrogen (secondary N) is 1. The molecule has 0 aliphatic heterocycles. The van der Waals surface area contributed by atoms with E-state index in [1.165, 1.54) is 5.56 Å². The summed E-state index contributed by atoms with van der Waals surface area (Å²) in [5.41, 5.74) is 1.26. The van der Waals surface area contributed by atoms with Gasteiger partial charge in [0.05, 0.1) is 5.03 Å². The standard InChI is InChI=1S/C13H15N3S/c1-2-14-12-9-11(6-8-15-12)10-17-13-5-3-4-7-16-13/h3-9H,2,10H2,1H3,(H,14,15). The molecule has 0 radical (unpaired) electrons. The SMILES string of the molecule is CCNc1cc(CSc2ccccn2)ccn1. The number of rotatable bonds is 5. The highest BCUT2D eigenvalue weighted by molar-refractivity contribution is 7.98. The highest BCUT2D eigenvalue weighted by Gasteiger charge is 1.98. The highest BCUT2D eigenvalue weighted by atomic mass is 32.2. The molecule has 0 spiro atoms. The molecule has 88 valence electrons. The minimum absolute atomic E-state index is 0.893. The van der Waals surface area contributed by atoms with Crippen molar-refractivity contribution < 1.29 is 0 Å². The molecule has 17 heavy (non-hydrogen) atoms. The maximum atomic E-state index is 4.28. The highest BCUT2D eigenvalue weighted by Crippen LogP contribution is 2.20. The number of aromatic nitrogens is 2. The van der Waals surface area contributed by atoms with E-state index in [-0.39, 0.29) is 0 Å². The zero-order chi connectivity index (χ0) is 11.9. The normalized spacial score (nSPS) is 10.2. The van der Waals surface area contributed by atoms with Crippen LogP contribution in [0.2, 0.25) is 0 Å². The van der Waals surface area contributed by atoms with Gasteiger partial charge in [-0.05, 0) is 36.8 Å². The molecule has 2 heterocycles. The van der Waals surface area contributed by atoms with Crippen LogP contribution in [0.25, 0.3) is 0 Å². The molecular formula is C13H15N3S. The lowest BCUT2D eigenvalue weighted by Gasteiger charge is -2.05. The Morgan fingerprint density at radius 1 is 1.18 bits per heavy atom. The Morgan fingerprint density at radius 2 is 2.12 bits per heavy atom. The lowest BCUT2D eigenvalue weighted by atomic mass is 10.3. The summed E-state index contributed by atoms with van der Waals surface area (Å²) in [5.74, 6) is 1.85. The first-order valence-corrected chi connectivity index (χ1v) is 6.59. The summed E-state index contributed by atoms with van der Waals surface area (Å²) in [6.07, 6.45) is 3.66. The van der Waals surface area contributed by atoms with Gasteiger partial charge in [-0.15, -0.1) is 11.8 Å². The van der Waals surface area contributed by atoms with Gasteiger partial charge in [0, 0.05) is 24.7 Å². The van der Waals surface area contributed by atoms with Gasteiger partial charge in [-0.1, -0.05) is 6.07 Å². The van der Waals surface area contributed by atoms with E-state index in [0.717, 1.165) is 23.1 Å². The monoisotopic (exact) mass is 245 g/mol. The predicted octanol–water partition coefficient (Wildman–Crippen LogP) is 3.20. The number of hydrogen-bond acceptors (Lipinski definition) is 4. The molecule has 2 aromatic heterocycles. The van der Waals surface area contributed by atoms with E-state index in [9.17, 15) is 0 Å². The van der Waals surface area contributed by atoms with E-state index in [1.54, 1.807) is 11.8 Å². The Labute approximate surface area is 106 Å². The van der Waals surface area contributed by atoms with Gasteiger partial charge in [0.15, 0.2) is 0 Å². The first-order chi connectivity index (χ1) is 8.38. The third-order valence-corrected chi connectivity index (χ3v) is 3.22. The lowest BCUT2D eigenvalue weighted by molar-refractivity contribution is 1.13. The second kappa shape index (κ2) is 6.25. The minimum atomic E-state index is 0.893. The van der Waals surface area contributed by atoms with Crippen LogP contribution in [0.4, 0.5) is 5.82 Å². The van der Waals surface area contributed by atoms with Gasteiger partial charge < -0.3 is 5.32 Å². The van der Waals surface area contributed by atoms with E-state index in [0.29, 0.717) is 0 Å². The lowest BCUT2D eigenvalue weighted by Crippen LogP contribution is -1.99. The average molecular weight is 245 g/mol. The summed E-state index contributed by atoms with van der Waals surface area (Å²) in [7, 11) is 0. The fourth-order valence-electron chi connectivity index (χ4n) is 1.43. The first-order valence-electron chi connectivity index (χ1n) is 5.61. The smallest absolute Gasteiger partial charge is 0.126 e. The van der Waals surface area contributed by atoms with Crippen LogP contribution in [-0.4, -0.2) is 16.5 Å². The largest absolute Gasteiger partial charge is 0.370 e. The van der Waals surface area contributed by atoms with Gasteiger partial charge in [0.25, 0.3) is 0 Å². The van der Waals surface area contributed by atoms with Crippen LogP contribution >= 0.6 is 11.8 Å². The second-order valence-electron chi connectivity index (χ2n) is 3.54. The fourth-order valence-corrected chi connectivity index (χ4v) is 2.24. The topological polar surface area (TPSA) is 37.8 Å². The molecule has 0 bridgehead atoms. The predicted molar refractivity (Wildman–Crippen MR) is 72.2 cm³/mol. The molecule has 0 aliphatic carbocycles. The van der Waals surface area contributed by atoms with Gasteiger partial charge >= 0.3 is 0 Å². The van der Waals surface area contributed by atoms with Crippen LogP contribution in [0.15, 0.2) is 47.8 Å². The number of nitrogens with zero attached hydrogens (tertiary/aromatic N) is 2. The maximum Gasteiger partial charge on any atom is 0.126 e. The Balaban J connectivity index is 1.97. The third kappa shape index (κ3) is 3.75. The summed E-state index contributed by atoms with van der Waals surface area (Å²) in [4.78, 5) is 8.53. The zero-order valence-electron chi connectivity index (χ0n) is 9.76. The number of anilines is 1. The summed E-state index contributed by atoms with van der Waals surface area (Å²) < 4.78 is 0. The Morgan fingerprint density at radius 3 is 2.88 bits per heavy atom. The van der Waals surface area contributed by atoms with E-state index in [2.05, 4.69) is 28.3 Å². The summed E-state index contributed by atoms with van der Waals surface area (Å²) in [6, 6.07) is 10.1. The average Bonchev–Trinajstić information content (AvgIpc) is 2.39. The molecule has 1 N–H and O–H groups in total. The Kier molecular flexibility index (Phi) is 4.38. The molecule has 0 amide bonds. The zero-order valence-corrected chi connectivity index (χ0v) is 10.6. The molecule has 0 aromatic carbocycles. The summed E-state index contributed by atoms with van der Waals surface area (Å²) in [5, 5.41) is 4.26. The maximum absolute atomic E-state index is 4.28. The minimum Gasteiger partial charge on any atom is -0.370 e. The van der Waals surface area contributed by atoms with Crippen LogP contribution in [0.3, 0.4) is 0 Å². The van der Waals surface area contributed by atoms with Gasteiger partial charge in [-0.2, -0.15) is 0 Å². The van der Waals surface area contributed by atoms with Crippen LogP contribution in [0.1, 0.15) is 12.5 Å². The molecule has 0 atom stereocenters. The number of thioether (sulfide) groups is 1. The van der Waals surface area contributed by atoms with E-state index >= 15 is 0 Å². The van der Waals surface area contributed by atoms with Crippen molar-refractivity contribution in [1.29, 1.82) is 0 Å². The quantitative estimate of drug-likeness (QED) is 0.821. The Hall–Kier alpha value is -1.55. The van der Waals surface area contributed by atoms with Crippen molar-refractivity contribution in [3.8, 4) is 0 Å². The van der Waals surface area contributed by atoms with E-state index in [4.69, 9.17) is 0 Å². The molecule has 0 unspecified atom stereocenters. The van der Waals surface area contributed by atoms with Crippen molar-refractivity contribution in [2.75, 3.05) is 11.9 Å². The molecule has 3 nitrogen and oxygen atoms in total. The molecule has 0 saturated heterocycles. The molecule has 2 aromatic rings. The number of pyridine rings is 2. The van der Waals surface area contributed by atoms with E-state index in [1.807, 2.05) is 36.7 Å². The number of hydrogen-bond donors (Lipinski definition) is 1. The van der Waals surface area contributed by atoms with Crippen molar-refractivity contribution in [3.63, 3.8) is 0 Å². The molecule has 2 rings (SSSR count). The fraction of sp³-hybridized carbons (Fsp3) is 0.231. The van der Waals surface area contributed by atoms with Crippen molar-refractivity contribution in [2.24, 2.45) is 0 Å². The van der Waals surface area contributed by atoms with Crippen molar-refractivity contribution in [3.05, 3.63) is 48.3 Å². The van der Waals surface area contributed by atoms with Crippen LogP contribution < -0.4 is 5.32 Å².